The van der Waals surface area contributed by atoms with Crippen LogP contribution >= 0.6 is 0 Å². The summed E-state index contributed by atoms with van der Waals surface area (Å²) in [4.78, 5) is 37.3. The molecule has 1 amide bonds. The molecule has 0 aromatic heterocycles. The molecule has 0 heterocycles. The standard InChI is InChI=1S/C23H26N2O3/c1-3-4-8-14-25-19-13-9-12-18(20(26)15-16(2)23(24)28)21(19)22(27)17-10-6-5-7-11-17/h5-7,9-13,15,25H,3-4,8,14H2,1-2H3,(H2,24,28). The van der Waals surface area contributed by atoms with Crippen LogP contribution in [-0.2, 0) is 4.79 Å². The summed E-state index contributed by atoms with van der Waals surface area (Å²) in [5.74, 6) is -1.33. The summed E-state index contributed by atoms with van der Waals surface area (Å²) in [5, 5.41) is 3.28. The van der Waals surface area contributed by atoms with Crippen molar-refractivity contribution in [3.05, 3.63) is 76.9 Å². The number of carbonyl (C=O) groups excluding carboxylic acids is 3. The molecule has 0 fully saturated rings. The molecule has 0 bridgehead atoms. The van der Waals surface area contributed by atoms with Gasteiger partial charge >= 0.3 is 0 Å². The number of ketones is 2. The SMILES string of the molecule is CCCCCNc1cccc(C(=O)C=C(C)C(N)=O)c1C(=O)c1ccccc1. The van der Waals surface area contributed by atoms with Crippen molar-refractivity contribution < 1.29 is 14.4 Å². The van der Waals surface area contributed by atoms with E-state index < -0.39 is 11.7 Å². The number of unbranched alkanes of at least 4 members (excludes halogenated alkanes) is 2. The molecule has 5 heteroatoms. The molecule has 28 heavy (non-hydrogen) atoms. The van der Waals surface area contributed by atoms with Crippen molar-refractivity contribution in [3.63, 3.8) is 0 Å². The fourth-order valence-electron chi connectivity index (χ4n) is 2.83. The Hall–Kier alpha value is -3.21. The molecule has 5 nitrogen and oxygen atoms in total. The van der Waals surface area contributed by atoms with Crippen molar-refractivity contribution in [3.8, 4) is 0 Å². The smallest absolute Gasteiger partial charge is 0.244 e. The first-order valence-corrected chi connectivity index (χ1v) is 9.44. The number of amides is 1. The molecule has 0 aliphatic heterocycles. The van der Waals surface area contributed by atoms with Crippen LogP contribution in [0.2, 0.25) is 0 Å². The fraction of sp³-hybridized carbons (Fsp3) is 0.261. The lowest BCUT2D eigenvalue weighted by Gasteiger charge is -2.15. The van der Waals surface area contributed by atoms with Crippen LogP contribution in [0.3, 0.4) is 0 Å². The minimum atomic E-state index is -0.668. The second kappa shape index (κ2) is 10.2. The minimum absolute atomic E-state index is 0.143. The zero-order valence-electron chi connectivity index (χ0n) is 16.3. The van der Waals surface area contributed by atoms with Crippen LogP contribution < -0.4 is 11.1 Å². The lowest BCUT2D eigenvalue weighted by atomic mass is 9.93. The zero-order valence-corrected chi connectivity index (χ0v) is 16.3. The number of hydrogen-bond donors (Lipinski definition) is 2. The highest BCUT2D eigenvalue weighted by molar-refractivity contribution is 6.21. The van der Waals surface area contributed by atoms with E-state index >= 15 is 0 Å². The predicted molar refractivity (Wildman–Crippen MR) is 112 cm³/mol. The molecule has 3 N–H and O–H groups in total. The van der Waals surface area contributed by atoms with E-state index in [1.165, 1.54) is 13.0 Å². The van der Waals surface area contributed by atoms with E-state index in [0.29, 0.717) is 23.4 Å². The zero-order chi connectivity index (χ0) is 20.5. The van der Waals surface area contributed by atoms with Gasteiger partial charge in [0.05, 0.1) is 5.56 Å². The Morgan fingerprint density at radius 1 is 1.00 bits per heavy atom. The van der Waals surface area contributed by atoms with Gasteiger partial charge in [0.15, 0.2) is 11.6 Å². The molecule has 146 valence electrons. The first kappa shape index (κ1) is 21.1. The van der Waals surface area contributed by atoms with E-state index in [2.05, 4.69) is 12.2 Å². The lowest BCUT2D eigenvalue weighted by molar-refractivity contribution is -0.114. The second-order valence-electron chi connectivity index (χ2n) is 6.61. The van der Waals surface area contributed by atoms with Crippen molar-refractivity contribution in [1.82, 2.24) is 0 Å². The van der Waals surface area contributed by atoms with Gasteiger partial charge in [-0.2, -0.15) is 0 Å². The third-order valence-corrected chi connectivity index (χ3v) is 4.42. The summed E-state index contributed by atoms with van der Waals surface area (Å²) in [6.07, 6.45) is 4.32. The van der Waals surface area contributed by atoms with Gasteiger partial charge in [0.25, 0.3) is 0 Å². The van der Waals surface area contributed by atoms with Gasteiger partial charge in [-0.25, -0.2) is 0 Å². The van der Waals surface area contributed by atoms with Crippen molar-refractivity contribution in [2.24, 2.45) is 5.73 Å². The first-order chi connectivity index (χ1) is 13.5. The first-order valence-electron chi connectivity index (χ1n) is 9.44. The average Bonchev–Trinajstić information content (AvgIpc) is 2.71. The number of primary amides is 1. The Kier molecular flexibility index (Phi) is 7.69. The summed E-state index contributed by atoms with van der Waals surface area (Å²) < 4.78 is 0. The van der Waals surface area contributed by atoms with E-state index in [9.17, 15) is 14.4 Å². The number of carbonyl (C=O) groups is 3. The van der Waals surface area contributed by atoms with Gasteiger partial charge in [0.1, 0.15) is 0 Å². The molecule has 2 aromatic rings. The Bertz CT molecular complexity index is 886. The maximum absolute atomic E-state index is 13.2. The summed E-state index contributed by atoms with van der Waals surface area (Å²) in [7, 11) is 0. The van der Waals surface area contributed by atoms with E-state index in [1.54, 1.807) is 42.5 Å². The molecule has 0 atom stereocenters. The Morgan fingerprint density at radius 2 is 1.71 bits per heavy atom. The van der Waals surface area contributed by atoms with Crippen LogP contribution in [0.15, 0.2) is 60.2 Å². The summed E-state index contributed by atoms with van der Waals surface area (Å²) >= 11 is 0. The molecule has 0 unspecified atom stereocenters. The normalized spacial score (nSPS) is 11.1. The molecule has 0 radical (unpaired) electrons. The second-order valence-corrected chi connectivity index (χ2v) is 6.61. The molecule has 0 spiro atoms. The van der Waals surface area contributed by atoms with Crippen LogP contribution in [0.1, 0.15) is 59.4 Å². The monoisotopic (exact) mass is 378 g/mol. The van der Waals surface area contributed by atoms with Crippen molar-refractivity contribution in [2.75, 3.05) is 11.9 Å². The molecule has 2 aromatic carbocycles. The van der Waals surface area contributed by atoms with Gasteiger partial charge in [0.2, 0.25) is 5.91 Å². The summed E-state index contributed by atoms with van der Waals surface area (Å²) in [6.45, 7) is 4.31. The number of benzene rings is 2. The van der Waals surface area contributed by atoms with E-state index in [-0.39, 0.29) is 16.9 Å². The minimum Gasteiger partial charge on any atom is -0.384 e. The van der Waals surface area contributed by atoms with Crippen molar-refractivity contribution in [1.29, 1.82) is 0 Å². The van der Waals surface area contributed by atoms with E-state index in [0.717, 1.165) is 19.3 Å². The summed E-state index contributed by atoms with van der Waals surface area (Å²) in [5.41, 5.74) is 7.04. The Balaban J connectivity index is 2.49. The third kappa shape index (κ3) is 5.39. The summed E-state index contributed by atoms with van der Waals surface area (Å²) in [6, 6.07) is 13.9. The third-order valence-electron chi connectivity index (χ3n) is 4.42. The fourth-order valence-corrected chi connectivity index (χ4v) is 2.83. The number of anilines is 1. The molecule has 2 rings (SSSR count). The maximum Gasteiger partial charge on any atom is 0.244 e. The highest BCUT2D eigenvalue weighted by atomic mass is 16.1. The molecule has 0 aliphatic carbocycles. The average molecular weight is 378 g/mol. The van der Waals surface area contributed by atoms with Crippen molar-refractivity contribution in [2.45, 2.75) is 33.1 Å². The maximum atomic E-state index is 13.2. The highest BCUT2D eigenvalue weighted by Gasteiger charge is 2.21. The van der Waals surface area contributed by atoms with Crippen molar-refractivity contribution >= 4 is 23.2 Å². The van der Waals surface area contributed by atoms with Crippen LogP contribution in [0.5, 0.6) is 0 Å². The van der Waals surface area contributed by atoms with Gasteiger partial charge in [0, 0.05) is 28.9 Å². The molecular weight excluding hydrogens is 352 g/mol. The van der Waals surface area contributed by atoms with Gasteiger partial charge in [-0.3, -0.25) is 14.4 Å². The molecular formula is C23H26N2O3. The largest absolute Gasteiger partial charge is 0.384 e. The number of rotatable bonds is 10. The van der Waals surface area contributed by atoms with Crippen LogP contribution in [0.25, 0.3) is 0 Å². The van der Waals surface area contributed by atoms with Gasteiger partial charge in [-0.15, -0.1) is 0 Å². The van der Waals surface area contributed by atoms with Crippen LogP contribution in [0, 0.1) is 0 Å². The van der Waals surface area contributed by atoms with E-state index in [4.69, 9.17) is 5.73 Å². The quantitative estimate of drug-likeness (QED) is 0.369. The van der Waals surface area contributed by atoms with Gasteiger partial charge in [-0.05, 0) is 25.5 Å². The Labute approximate surface area is 165 Å². The predicted octanol–water partition coefficient (Wildman–Crippen LogP) is 4.13. The number of hydrogen-bond acceptors (Lipinski definition) is 4. The van der Waals surface area contributed by atoms with Crippen LogP contribution in [-0.4, -0.2) is 24.0 Å². The number of nitrogens with one attached hydrogen (secondary N) is 1. The highest BCUT2D eigenvalue weighted by Crippen LogP contribution is 2.25. The van der Waals surface area contributed by atoms with Gasteiger partial charge in [-0.1, -0.05) is 62.2 Å². The molecule has 0 saturated carbocycles. The number of allylic oxidation sites excluding steroid dienone is 1. The van der Waals surface area contributed by atoms with Crippen LogP contribution in [0.4, 0.5) is 5.69 Å². The number of nitrogens with two attached hydrogens (primary N) is 1. The lowest BCUT2D eigenvalue weighted by Crippen LogP contribution is -2.16. The molecule has 0 aliphatic rings. The topological polar surface area (TPSA) is 89.3 Å². The van der Waals surface area contributed by atoms with Gasteiger partial charge < -0.3 is 11.1 Å². The Morgan fingerprint density at radius 3 is 2.36 bits per heavy atom. The van der Waals surface area contributed by atoms with E-state index in [1.807, 2.05) is 6.07 Å². The molecule has 0 saturated heterocycles.